The number of aliphatic hydroxyl groups is 1. The summed E-state index contributed by atoms with van der Waals surface area (Å²) in [5.41, 5.74) is 7.20. The number of hydrogen-bond acceptors (Lipinski definition) is 3. The largest absolute Gasteiger partial charge is 0.493 e. The first-order valence-electron chi connectivity index (χ1n) is 4.80. The zero-order valence-electron chi connectivity index (χ0n) is 8.96. The summed E-state index contributed by atoms with van der Waals surface area (Å²) in [6.07, 6.45) is 0.388. The topological polar surface area (TPSA) is 55.5 Å². The van der Waals surface area contributed by atoms with Crippen molar-refractivity contribution in [1.82, 2.24) is 0 Å². The highest BCUT2D eigenvalue weighted by Gasteiger charge is 2.15. The molecule has 0 amide bonds. The molecule has 0 aliphatic carbocycles. The molecule has 3 nitrogen and oxygen atoms in total. The molecule has 0 radical (unpaired) electrons. The molecule has 0 bridgehead atoms. The van der Waals surface area contributed by atoms with Gasteiger partial charge in [-0.3, -0.25) is 0 Å². The molecule has 0 spiro atoms. The van der Waals surface area contributed by atoms with E-state index >= 15 is 0 Å². The second-order valence-electron chi connectivity index (χ2n) is 3.49. The first kappa shape index (κ1) is 11.9. The SMILES string of the molecule is COc1c(F)cc(C)cc1C(N)CCO. The summed E-state index contributed by atoms with van der Waals surface area (Å²) in [7, 11) is 1.41. The maximum atomic E-state index is 13.5. The first-order valence-corrected chi connectivity index (χ1v) is 4.80. The van der Waals surface area contributed by atoms with Crippen LogP contribution >= 0.6 is 0 Å². The lowest BCUT2D eigenvalue weighted by Crippen LogP contribution is -2.14. The molecule has 1 aromatic carbocycles. The van der Waals surface area contributed by atoms with Gasteiger partial charge in [-0.05, 0) is 25.0 Å². The smallest absolute Gasteiger partial charge is 0.165 e. The Morgan fingerprint density at radius 1 is 1.53 bits per heavy atom. The Hall–Kier alpha value is -1.13. The molecule has 3 N–H and O–H groups in total. The highest BCUT2D eigenvalue weighted by atomic mass is 19.1. The van der Waals surface area contributed by atoms with Gasteiger partial charge in [-0.2, -0.15) is 0 Å². The quantitative estimate of drug-likeness (QED) is 0.797. The molecular formula is C11H16FNO2. The fourth-order valence-electron chi connectivity index (χ4n) is 1.54. The van der Waals surface area contributed by atoms with E-state index in [0.29, 0.717) is 12.0 Å². The summed E-state index contributed by atoms with van der Waals surface area (Å²) < 4.78 is 18.4. The molecular weight excluding hydrogens is 197 g/mol. The van der Waals surface area contributed by atoms with Crippen molar-refractivity contribution in [1.29, 1.82) is 0 Å². The minimum Gasteiger partial charge on any atom is -0.493 e. The van der Waals surface area contributed by atoms with Crippen LogP contribution in [0.1, 0.15) is 23.6 Å². The Balaban J connectivity index is 3.13. The van der Waals surface area contributed by atoms with Gasteiger partial charge >= 0.3 is 0 Å². The van der Waals surface area contributed by atoms with E-state index in [4.69, 9.17) is 15.6 Å². The minimum absolute atomic E-state index is 0.0279. The first-order chi connectivity index (χ1) is 7.10. The van der Waals surface area contributed by atoms with Crippen LogP contribution in [0.2, 0.25) is 0 Å². The second kappa shape index (κ2) is 5.09. The van der Waals surface area contributed by atoms with E-state index in [1.54, 1.807) is 13.0 Å². The van der Waals surface area contributed by atoms with E-state index in [2.05, 4.69) is 0 Å². The van der Waals surface area contributed by atoms with Crippen molar-refractivity contribution >= 4 is 0 Å². The summed E-state index contributed by atoms with van der Waals surface area (Å²) in [6, 6.07) is 2.77. The van der Waals surface area contributed by atoms with Gasteiger partial charge in [0, 0.05) is 18.2 Å². The Kier molecular flexibility index (Phi) is 4.05. The van der Waals surface area contributed by atoms with Crippen LogP contribution in [-0.2, 0) is 0 Å². The highest BCUT2D eigenvalue weighted by molar-refractivity contribution is 5.40. The normalized spacial score (nSPS) is 12.6. The molecule has 0 aromatic heterocycles. The van der Waals surface area contributed by atoms with Crippen LogP contribution in [0.5, 0.6) is 5.75 Å². The van der Waals surface area contributed by atoms with Crippen LogP contribution in [0.4, 0.5) is 4.39 Å². The molecule has 0 aliphatic rings. The summed E-state index contributed by atoms with van der Waals surface area (Å²) >= 11 is 0. The molecule has 15 heavy (non-hydrogen) atoms. The van der Waals surface area contributed by atoms with Gasteiger partial charge in [0.05, 0.1) is 7.11 Å². The van der Waals surface area contributed by atoms with Crippen molar-refractivity contribution in [2.45, 2.75) is 19.4 Å². The van der Waals surface area contributed by atoms with Crippen molar-refractivity contribution in [3.8, 4) is 5.75 Å². The number of aryl methyl sites for hydroxylation is 1. The summed E-state index contributed by atoms with van der Waals surface area (Å²) in [5.74, 6) is -0.248. The van der Waals surface area contributed by atoms with Crippen LogP contribution < -0.4 is 10.5 Å². The van der Waals surface area contributed by atoms with Crippen molar-refractivity contribution in [3.05, 3.63) is 29.1 Å². The number of halogens is 1. The lowest BCUT2D eigenvalue weighted by Gasteiger charge is -2.16. The van der Waals surface area contributed by atoms with Crippen LogP contribution in [0.3, 0.4) is 0 Å². The van der Waals surface area contributed by atoms with Gasteiger partial charge in [-0.1, -0.05) is 6.07 Å². The molecule has 1 rings (SSSR count). The molecule has 0 heterocycles. The number of benzene rings is 1. The van der Waals surface area contributed by atoms with E-state index in [0.717, 1.165) is 5.56 Å². The zero-order valence-corrected chi connectivity index (χ0v) is 8.96. The Morgan fingerprint density at radius 3 is 2.73 bits per heavy atom. The van der Waals surface area contributed by atoms with Gasteiger partial charge in [0.25, 0.3) is 0 Å². The number of ether oxygens (including phenoxy) is 1. The summed E-state index contributed by atoms with van der Waals surface area (Å²) in [4.78, 5) is 0. The predicted octanol–water partition coefficient (Wildman–Crippen LogP) is 1.52. The van der Waals surface area contributed by atoms with Crippen molar-refractivity contribution in [3.63, 3.8) is 0 Å². The monoisotopic (exact) mass is 213 g/mol. The number of nitrogens with two attached hydrogens (primary N) is 1. The van der Waals surface area contributed by atoms with Crippen molar-refractivity contribution < 1.29 is 14.2 Å². The standard InChI is InChI=1S/C11H16FNO2/c1-7-5-8(10(13)3-4-14)11(15-2)9(12)6-7/h5-6,10,14H,3-4,13H2,1-2H3. The Labute approximate surface area is 88.7 Å². The average molecular weight is 213 g/mol. The van der Waals surface area contributed by atoms with Crippen LogP contribution in [0, 0.1) is 12.7 Å². The maximum absolute atomic E-state index is 13.5. The second-order valence-corrected chi connectivity index (χ2v) is 3.49. The third kappa shape index (κ3) is 2.67. The molecule has 1 atom stereocenters. The van der Waals surface area contributed by atoms with E-state index in [1.165, 1.54) is 13.2 Å². The molecule has 4 heteroatoms. The molecule has 0 saturated carbocycles. The molecule has 0 fully saturated rings. The number of methoxy groups -OCH3 is 1. The van der Waals surface area contributed by atoms with Gasteiger partial charge in [0.15, 0.2) is 11.6 Å². The lowest BCUT2D eigenvalue weighted by atomic mass is 10.0. The van der Waals surface area contributed by atoms with Gasteiger partial charge in [0.1, 0.15) is 0 Å². The molecule has 1 unspecified atom stereocenters. The average Bonchev–Trinajstić information content (AvgIpc) is 2.17. The fraction of sp³-hybridized carbons (Fsp3) is 0.455. The lowest BCUT2D eigenvalue weighted by molar-refractivity contribution is 0.274. The zero-order chi connectivity index (χ0) is 11.4. The molecule has 0 saturated heterocycles. The number of aliphatic hydroxyl groups excluding tert-OH is 1. The molecule has 0 aliphatic heterocycles. The Morgan fingerprint density at radius 2 is 2.20 bits per heavy atom. The maximum Gasteiger partial charge on any atom is 0.165 e. The van der Waals surface area contributed by atoms with Gasteiger partial charge < -0.3 is 15.6 Å². The predicted molar refractivity (Wildman–Crippen MR) is 56.3 cm³/mol. The summed E-state index contributed by atoms with van der Waals surface area (Å²) in [6.45, 7) is 1.76. The van der Waals surface area contributed by atoms with E-state index in [-0.39, 0.29) is 12.4 Å². The van der Waals surface area contributed by atoms with E-state index in [1.807, 2.05) is 0 Å². The van der Waals surface area contributed by atoms with E-state index in [9.17, 15) is 4.39 Å². The fourth-order valence-corrected chi connectivity index (χ4v) is 1.54. The van der Waals surface area contributed by atoms with Crippen molar-refractivity contribution in [2.75, 3.05) is 13.7 Å². The minimum atomic E-state index is -0.416. The van der Waals surface area contributed by atoms with Crippen LogP contribution in [-0.4, -0.2) is 18.8 Å². The van der Waals surface area contributed by atoms with Crippen LogP contribution in [0.25, 0.3) is 0 Å². The van der Waals surface area contributed by atoms with Gasteiger partial charge in [-0.15, -0.1) is 0 Å². The number of hydrogen-bond donors (Lipinski definition) is 2. The van der Waals surface area contributed by atoms with Gasteiger partial charge in [0.2, 0.25) is 0 Å². The van der Waals surface area contributed by atoms with Crippen molar-refractivity contribution in [2.24, 2.45) is 5.73 Å². The van der Waals surface area contributed by atoms with Crippen LogP contribution in [0.15, 0.2) is 12.1 Å². The molecule has 1 aromatic rings. The third-order valence-corrected chi connectivity index (χ3v) is 2.26. The number of rotatable bonds is 4. The van der Waals surface area contributed by atoms with E-state index < -0.39 is 11.9 Å². The van der Waals surface area contributed by atoms with Gasteiger partial charge in [-0.25, -0.2) is 4.39 Å². The Bertz CT molecular complexity index is 342. The highest BCUT2D eigenvalue weighted by Crippen LogP contribution is 2.29. The molecule has 84 valence electrons. The third-order valence-electron chi connectivity index (χ3n) is 2.26. The summed E-state index contributed by atoms with van der Waals surface area (Å²) in [5, 5.41) is 8.79.